The van der Waals surface area contributed by atoms with Crippen LogP contribution >= 0.6 is 11.3 Å². The SMILES string of the molecule is Cc1ccc(C=CC(=O)NC2(C(=O)O)CCCCC2C)s1. The van der Waals surface area contributed by atoms with Crippen molar-refractivity contribution in [2.75, 3.05) is 0 Å². The molecule has 0 radical (unpaired) electrons. The summed E-state index contributed by atoms with van der Waals surface area (Å²) in [7, 11) is 0. The van der Waals surface area contributed by atoms with E-state index in [1.807, 2.05) is 26.0 Å². The van der Waals surface area contributed by atoms with Gasteiger partial charge in [-0.05, 0) is 43.9 Å². The smallest absolute Gasteiger partial charge is 0.329 e. The highest BCUT2D eigenvalue weighted by molar-refractivity contribution is 7.12. The fraction of sp³-hybridized carbons (Fsp3) is 0.500. The highest BCUT2D eigenvalue weighted by Gasteiger charge is 2.45. The summed E-state index contributed by atoms with van der Waals surface area (Å²) in [5.74, 6) is -1.31. The van der Waals surface area contributed by atoms with Crippen LogP contribution in [0, 0.1) is 12.8 Å². The lowest BCUT2D eigenvalue weighted by molar-refractivity contribution is -0.151. The third kappa shape index (κ3) is 3.53. The lowest BCUT2D eigenvalue weighted by Crippen LogP contribution is -2.59. The Morgan fingerprint density at radius 1 is 1.43 bits per heavy atom. The van der Waals surface area contributed by atoms with E-state index in [2.05, 4.69) is 5.32 Å². The van der Waals surface area contributed by atoms with Gasteiger partial charge in [0.15, 0.2) is 0 Å². The number of thiophene rings is 1. The van der Waals surface area contributed by atoms with Gasteiger partial charge in [-0.25, -0.2) is 4.79 Å². The highest BCUT2D eigenvalue weighted by Crippen LogP contribution is 2.34. The van der Waals surface area contributed by atoms with Crippen molar-refractivity contribution in [2.45, 2.75) is 45.1 Å². The monoisotopic (exact) mass is 307 g/mol. The van der Waals surface area contributed by atoms with Crippen LogP contribution in [-0.2, 0) is 9.59 Å². The number of carboxylic acid groups (broad SMARTS) is 1. The third-order valence-corrected chi connectivity index (χ3v) is 5.15. The molecule has 1 heterocycles. The maximum Gasteiger partial charge on any atom is 0.329 e. The number of nitrogens with one attached hydrogen (secondary N) is 1. The fourth-order valence-corrected chi connectivity index (χ4v) is 3.65. The van der Waals surface area contributed by atoms with E-state index in [1.165, 1.54) is 11.0 Å². The zero-order chi connectivity index (χ0) is 15.5. The number of hydrogen-bond donors (Lipinski definition) is 2. The van der Waals surface area contributed by atoms with Crippen molar-refractivity contribution in [1.82, 2.24) is 5.32 Å². The van der Waals surface area contributed by atoms with Crippen LogP contribution in [0.5, 0.6) is 0 Å². The Hall–Kier alpha value is -1.62. The summed E-state index contributed by atoms with van der Waals surface area (Å²) >= 11 is 1.60. The van der Waals surface area contributed by atoms with E-state index in [0.29, 0.717) is 6.42 Å². The summed E-state index contributed by atoms with van der Waals surface area (Å²) in [5, 5.41) is 12.3. The van der Waals surface area contributed by atoms with Gasteiger partial charge in [-0.2, -0.15) is 0 Å². The molecule has 2 N–H and O–H groups in total. The Balaban J connectivity index is 2.08. The molecule has 2 rings (SSSR count). The van der Waals surface area contributed by atoms with E-state index in [-0.39, 0.29) is 11.8 Å². The van der Waals surface area contributed by atoms with Gasteiger partial charge in [0.2, 0.25) is 5.91 Å². The molecule has 0 bridgehead atoms. The molecular formula is C16H21NO3S. The Bertz CT molecular complexity index is 564. The summed E-state index contributed by atoms with van der Waals surface area (Å²) in [6.45, 7) is 3.91. The van der Waals surface area contributed by atoms with Gasteiger partial charge in [-0.1, -0.05) is 19.8 Å². The molecule has 0 aromatic carbocycles. The zero-order valence-corrected chi connectivity index (χ0v) is 13.2. The van der Waals surface area contributed by atoms with Crippen LogP contribution in [0.1, 0.15) is 42.4 Å². The number of amides is 1. The molecule has 0 saturated heterocycles. The molecule has 0 aliphatic heterocycles. The van der Waals surface area contributed by atoms with E-state index >= 15 is 0 Å². The molecule has 1 aromatic heterocycles. The Morgan fingerprint density at radius 3 is 2.76 bits per heavy atom. The topological polar surface area (TPSA) is 66.4 Å². The Kier molecular flexibility index (Phi) is 4.83. The Morgan fingerprint density at radius 2 is 2.19 bits per heavy atom. The quantitative estimate of drug-likeness (QED) is 0.839. The molecule has 1 aliphatic rings. The molecule has 2 atom stereocenters. The predicted octanol–water partition coefficient (Wildman–Crippen LogP) is 3.22. The minimum absolute atomic E-state index is 0.0508. The van der Waals surface area contributed by atoms with Crippen LogP contribution in [-0.4, -0.2) is 22.5 Å². The largest absolute Gasteiger partial charge is 0.479 e. The number of aryl methyl sites for hydroxylation is 1. The van der Waals surface area contributed by atoms with Gasteiger partial charge in [-0.15, -0.1) is 11.3 Å². The molecule has 4 nitrogen and oxygen atoms in total. The van der Waals surface area contributed by atoms with Crippen molar-refractivity contribution in [1.29, 1.82) is 0 Å². The molecule has 0 spiro atoms. The van der Waals surface area contributed by atoms with Gasteiger partial charge in [0.05, 0.1) is 0 Å². The summed E-state index contributed by atoms with van der Waals surface area (Å²) in [5.41, 5.74) is -1.12. The second kappa shape index (κ2) is 6.43. The summed E-state index contributed by atoms with van der Waals surface area (Å²) in [6.07, 6.45) is 6.36. The first-order valence-corrected chi connectivity index (χ1v) is 8.06. The first-order valence-electron chi connectivity index (χ1n) is 7.24. The molecule has 1 saturated carbocycles. The normalized spacial score (nSPS) is 25.9. The third-order valence-electron chi connectivity index (χ3n) is 4.19. The minimum Gasteiger partial charge on any atom is -0.479 e. The summed E-state index contributed by atoms with van der Waals surface area (Å²) < 4.78 is 0. The molecule has 5 heteroatoms. The van der Waals surface area contributed by atoms with Crippen LogP contribution in [0.3, 0.4) is 0 Å². The predicted molar refractivity (Wildman–Crippen MR) is 84.2 cm³/mol. The van der Waals surface area contributed by atoms with Crippen LogP contribution in [0.2, 0.25) is 0 Å². The number of carbonyl (C=O) groups is 2. The second-order valence-corrected chi connectivity index (χ2v) is 7.01. The van der Waals surface area contributed by atoms with Gasteiger partial charge >= 0.3 is 5.97 Å². The van der Waals surface area contributed by atoms with E-state index in [4.69, 9.17) is 0 Å². The lowest BCUT2D eigenvalue weighted by atomic mass is 9.73. The number of carbonyl (C=O) groups excluding carboxylic acids is 1. The standard InChI is InChI=1S/C16H21NO3S/c1-11-5-3-4-10-16(11,15(19)20)17-14(18)9-8-13-7-6-12(2)21-13/h6-9,11H,3-5,10H2,1-2H3,(H,17,18)(H,19,20). The van der Waals surface area contributed by atoms with Crippen LogP contribution < -0.4 is 5.32 Å². The summed E-state index contributed by atoms with van der Waals surface area (Å²) in [6, 6.07) is 3.93. The fourth-order valence-electron chi connectivity index (χ4n) is 2.87. The first-order chi connectivity index (χ1) is 9.94. The van der Waals surface area contributed by atoms with Gasteiger partial charge < -0.3 is 10.4 Å². The summed E-state index contributed by atoms with van der Waals surface area (Å²) in [4.78, 5) is 25.9. The van der Waals surface area contributed by atoms with Crippen LogP contribution in [0.15, 0.2) is 18.2 Å². The number of hydrogen-bond acceptors (Lipinski definition) is 3. The maximum absolute atomic E-state index is 12.1. The van der Waals surface area contributed by atoms with Gasteiger partial charge in [0, 0.05) is 15.8 Å². The lowest BCUT2D eigenvalue weighted by Gasteiger charge is -2.39. The highest BCUT2D eigenvalue weighted by atomic mass is 32.1. The molecule has 21 heavy (non-hydrogen) atoms. The van der Waals surface area contributed by atoms with E-state index in [0.717, 1.165) is 24.1 Å². The zero-order valence-electron chi connectivity index (χ0n) is 12.4. The minimum atomic E-state index is -1.12. The van der Waals surface area contributed by atoms with Crippen molar-refractivity contribution in [3.63, 3.8) is 0 Å². The van der Waals surface area contributed by atoms with Crippen molar-refractivity contribution < 1.29 is 14.7 Å². The molecule has 2 unspecified atom stereocenters. The van der Waals surface area contributed by atoms with Gasteiger partial charge in [0.25, 0.3) is 0 Å². The second-order valence-electron chi connectivity index (χ2n) is 5.69. The van der Waals surface area contributed by atoms with Crippen LogP contribution in [0.4, 0.5) is 0 Å². The number of aliphatic carboxylic acids is 1. The van der Waals surface area contributed by atoms with E-state index in [9.17, 15) is 14.7 Å². The average molecular weight is 307 g/mol. The molecular weight excluding hydrogens is 286 g/mol. The average Bonchev–Trinajstić information content (AvgIpc) is 2.85. The first kappa shape index (κ1) is 15.8. The van der Waals surface area contributed by atoms with Crippen molar-refractivity contribution in [3.05, 3.63) is 28.0 Å². The van der Waals surface area contributed by atoms with Crippen molar-refractivity contribution in [3.8, 4) is 0 Å². The molecule has 1 aromatic rings. The molecule has 1 aliphatic carbocycles. The van der Waals surface area contributed by atoms with Crippen molar-refractivity contribution >= 4 is 29.3 Å². The van der Waals surface area contributed by atoms with E-state index in [1.54, 1.807) is 17.4 Å². The molecule has 1 fully saturated rings. The van der Waals surface area contributed by atoms with Crippen LogP contribution in [0.25, 0.3) is 6.08 Å². The molecule has 1 amide bonds. The number of rotatable bonds is 4. The molecule has 114 valence electrons. The van der Waals surface area contributed by atoms with Gasteiger partial charge in [0.1, 0.15) is 5.54 Å². The maximum atomic E-state index is 12.1. The van der Waals surface area contributed by atoms with Gasteiger partial charge in [-0.3, -0.25) is 4.79 Å². The number of carboxylic acids is 1. The van der Waals surface area contributed by atoms with E-state index < -0.39 is 11.5 Å². The Labute approximate surface area is 128 Å². The van der Waals surface area contributed by atoms with Crippen molar-refractivity contribution in [2.24, 2.45) is 5.92 Å².